The Balaban J connectivity index is 1.26. The van der Waals surface area contributed by atoms with E-state index in [0.717, 1.165) is 54.4 Å². The SMILES string of the molecule is CN=C1C=CC(=NC2CCC(N=C3C=CC(=NC4CCC(C)CC4)C=C3)CC2)C=C1. The van der Waals surface area contributed by atoms with Crippen molar-refractivity contribution in [1.29, 1.82) is 0 Å². The number of rotatable bonds is 3. The Hall–Kier alpha value is -2.36. The van der Waals surface area contributed by atoms with Gasteiger partial charge < -0.3 is 0 Å². The van der Waals surface area contributed by atoms with Crippen LogP contribution in [0.3, 0.4) is 0 Å². The Labute approximate surface area is 181 Å². The largest absolute Gasteiger partial charge is 0.289 e. The Bertz CT molecular complexity index is 813. The van der Waals surface area contributed by atoms with E-state index in [1.165, 1.54) is 25.7 Å². The van der Waals surface area contributed by atoms with Gasteiger partial charge in [0.15, 0.2) is 0 Å². The van der Waals surface area contributed by atoms with Gasteiger partial charge in [0.1, 0.15) is 0 Å². The maximum Gasteiger partial charge on any atom is 0.0579 e. The van der Waals surface area contributed by atoms with Crippen LogP contribution in [-0.2, 0) is 0 Å². The summed E-state index contributed by atoms with van der Waals surface area (Å²) in [7, 11) is 1.82. The van der Waals surface area contributed by atoms with Crippen LogP contribution in [0.1, 0.15) is 58.3 Å². The molecular formula is C26H34N4. The van der Waals surface area contributed by atoms with Gasteiger partial charge in [-0.1, -0.05) is 6.92 Å². The number of aliphatic imine (C=N–C) groups is 4. The maximum absolute atomic E-state index is 4.98. The fraction of sp³-hybridized carbons (Fsp3) is 0.538. The number of nitrogens with zero attached hydrogens (tertiary/aromatic N) is 4. The summed E-state index contributed by atoms with van der Waals surface area (Å²) in [5, 5.41) is 0. The molecule has 4 aliphatic rings. The lowest BCUT2D eigenvalue weighted by Gasteiger charge is -2.25. The minimum absolute atomic E-state index is 0.417. The number of hydrogen-bond donors (Lipinski definition) is 0. The fourth-order valence-corrected chi connectivity index (χ4v) is 4.63. The van der Waals surface area contributed by atoms with Crippen molar-refractivity contribution >= 4 is 22.8 Å². The highest BCUT2D eigenvalue weighted by Gasteiger charge is 2.21. The summed E-state index contributed by atoms with van der Waals surface area (Å²) in [5.41, 5.74) is 4.27. The summed E-state index contributed by atoms with van der Waals surface area (Å²) < 4.78 is 0. The minimum Gasteiger partial charge on any atom is -0.289 e. The Morgan fingerprint density at radius 3 is 1.13 bits per heavy atom. The fourth-order valence-electron chi connectivity index (χ4n) is 4.63. The van der Waals surface area contributed by atoms with Crippen LogP contribution in [0, 0.1) is 5.92 Å². The molecule has 0 aromatic rings. The molecule has 0 N–H and O–H groups in total. The quantitative estimate of drug-likeness (QED) is 0.558. The molecule has 0 unspecified atom stereocenters. The van der Waals surface area contributed by atoms with E-state index in [0.29, 0.717) is 18.1 Å². The molecule has 0 aromatic carbocycles. The zero-order valence-electron chi connectivity index (χ0n) is 18.4. The lowest BCUT2D eigenvalue weighted by molar-refractivity contribution is 0.349. The molecule has 0 amide bonds. The van der Waals surface area contributed by atoms with Crippen LogP contribution in [0.4, 0.5) is 0 Å². The molecule has 2 fully saturated rings. The van der Waals surface area contributed by atoms with Crippen molar-refractivity contribution in [2.24, 2.45) is 25.9 Å². The maximum atomic E-state index is 4.98. The van der Waals surface area contributed by atoms with E-state index >= 15 is 0 Å². The molecule has 0 heterocycles. The monoisotopic (exact) mass is 402 g/mol. The third-order valence-corrected chi connectivity index (χ3v) is 6.60. The lowest BCUT2D eigenvalue weighted by atomic mass is 9.87. The second-order valence-electron chi connectivity index (χ2n) is 9.02. The molecule has 0 aromatic heterocycles. The van der Waals surface area contributed by atoms with E-state index in [1.54, 1.807) is 0 Å². The van der Waals surface area contributed by atoms with Gasteiger partial charge in [0, 0.05) is 7.05 Å². The first-order valence-corrected chi connectivity index (χ1v) is 11.6. The van der Waals surface area contributed by atoms with Gasteiger partial charge in [-0.2, -0.15) is 0 Å². The van der Waals surface area contributed by atoms with Crippen LogP contribution in [0.2, 0.25) is 0 Å². The van der Waals surface area contributed by atoms with Crippen molar-refractivity contribution in [3.05, 3.63) is 48.6 Å². The van der Waals surface area contributed by atoms with Crippen LogP contribution in [0.5, 0.6) is 0 Å². The smallest absolute Gasteiger partial charge is 0.0579 e. The molecule has 0 spiro atoms. The van der Waals surface area contributed by atoms with E-state index in [1.807, 2.05) is 19.2 Å². The van der Waals surface area contributed by atoms with Gasteiger partial charge in [-0.15, -0.1) is 0 Å². The molecular weight excluding hydrogens is 368 g/mol. The first-order chi connectivity index (χ1) is 14.7. The van der Waals surface area contributed by atoms with Gasteiger partial charge in [0.25, 0.3) is 0 Å². The average molecular weight is 403 g/mol. The average Bonchev–Trinajstić information content (AvgIpc) is 2.78. The summed E-state index contributed by atoms with van der Waals surface area (Å²) >= 11 is 0. The van der Waals surface area contributed by atoms with Crippen LogP contribution in [-0.4, -0.2) is 48.0 Å². The second kappa shape index (κ2) is 10.1. The van der Waals surface area contributed by atoms with Gasteiger partial charge >= 0.3 is 0 Å². The molecule has 4 aliphatic carbocycles. The predicted octanol–water partition coefficient (Wildman–Crippen LogP) is 5.52. The van der Waals surface area contributed by atoms with Crippen molar-refractivity contribution < 1.29 is 0 Å². The van der Waals surface area contributed by atoms with Crippen LogP contribution >= 0.6 is 0 Å². The van der Waals surface area contributed by atoms with Crippen molar-refractivity contribution in [3.8, 4) is 0 Å². The summed E-state index contributed by atoms with van der Waals surface area (Å²) in [6.45, 7) is 2.36. The van der Waals surface area contributed by atoms with E-state index in [9.17, 15) is 0 Å². The highest BCUT2D eigenvalue weighted by atomic mass is 14.8. The predicted molar refractivity (Wildman–Crippen MR) is 130 cm³/mol. The minimum atomic E-state index is 0.417. The summed E-state index contributed by atoms with van der Waals surface area (Å²) in [6.07, 6.45) is 26.3. The highest BCUT2D eigenvalue weighted by molar-refractivity contribution is 6.19. The third kappa shape index (κ3) is 5.84. The summed E-state index contributed by atoms with van der Waals surface area (Å²) in [6, 6.07) is 1.34. The van der Waals surface area contributed by atoms with Gasteiger partial charge in [0.05, 0.1) is 41.0 Å². The van der Waals surface area contributed by atoms with Crippen molar-refractivity contribution in [1.82, 2.24) is 0 Å². The number of hydrogen-bond acceptors (Lipinski definition) is 4. The molecule has 4 heteroatoms. The highest BCUT2D eigenvalue weighted by Crippen LogP contribution is 2.26. The zero-order valence-corrected chi connectivity index (χ0v) is 18.4. The first-order valence-electron chi connectivity index (χ1n) is 11.6. The lowest BCUT2D eigenvalue weighted by Crippen LogP contribution is -2.22. The van der Waals surface area contributed by atoms with E-state index in [2.05, 4.69) is 48.4 Å². The Kier molecular flexibility index (Phi) is 7.03. The van der Waals surface area contributed by atoms with Gasteiger partial charge in [-0.3, -0.25) is 20.0 Å². The Morgan fingerprint density at radius 2 is 0.800 bits per heavy atom. The van der Waals surface area contributed by atoms with Crippen molar-refractivity contribution in [2.75, 3.05) is 7.05 Å². The van der Waals surface area contributed by atoms with Crippen LogP contribution < -0.4 is 0 Å². The molecule has 4 rings (SSSR count). The molecule has 0 radical (unpaired) electrons. The summed E-state index contributed by atoms with van der Waals surface area (Å²) in [5.74, 6) is 0.873. The Morgan fingerprint density at radius 1 is 0.500 bits per heavy atom. The molecule has 0 atom stereocenters. The van der Waals surface area contributed by atoms with Crippen LogP contribution in [0.15, 0.2) is 68.6 Å². The molecule has 0 bridgehead atoms. The standard InChI is InChI=1S/C26H34N4/c1-19-3-5-21(6-4-19)28-23-11-13-25(14-12-23)30-26-17-15-24(16-18-26)29-22-9-7-20(27-2)8-10-22/h7-14,19,21,24,26H,3-6,15-18H2,1-2H3. The molecule has 158 valence electrons. The van der Waals surface area contributed by atoms with Gasteiger partial charge in [-0.05, 0) is 106 Å². The second-order valence-corrected chi connectivity index (χ2v) is 9.02. The molecule has 2 saturated carbocycles. The van der Waals surface area contributed by atoms with Crippen molar-refractivity contribution in [2.45, 2.75) is 76.4 Å². The zero-order chi connectivity index (χ0) is 20.8. The third-order valence-electron chi connectivity index (χ3n) is 6.60. The molecule has 0 saturated heterocycles. The van der Waals surface area contributed by atoms with Crippen LogP contribution in [0.25, 0.3) is 0 Å². The topological polar surface area (TPSA) is 49.4 Å². The van der Waals surface area contributed by atoms with E-state index in [4.69, 9.17) is 15.0 Å². The number of allylic oxidation sites excluding steroid dienone is 8. The van der Waals surface area contributed by atoms with Crippen molar-refractivity contribution in [3.63, 3.8) is 0 Å². The molecule has 30 heavy (non-hydrogen) atoms. The van der Waals surface area contributed by atoms with Gasteiger partial charge in [0.2, 0.25) is 0 Å². The molecule has 4 nitrogen and oxygen atoms in total. The molecule has 0 aliphatic heterocycles. The summed E-state index contributed by atoms with van der Waals surface area (Å²) in [4.78, 5) is 19.0. The normalized spacial score (nSPS) is 31.1. The first kappa shape index (κ1) is 20.9. The van der Waals surface area contributed by atoms with E-state index < -0.39 is 0 Å². The van der Waals surface area contributed by atoms with Gasteiger partial charge in [-0.25, -0.2) is 0 Å². The van der Waals surface area contributed by atoms with E-state index in [-0.39, 0.29) is 0 Å².